The van der Waals surface area contributed by atoms with Crippen LogP contribution in [0.25, 0.3) is 0 Å². The highest BCUT2D eigenvalue weighted by Gasteiger charge is 2.31. The first-order valence-corrected chi connectivity index (χ1v) is 9.03. The smallest absolute Gasteiger partial charge is 0.294 e. The molecule has 3 rings (SSSR count). The monoisotopic (exact) mass is 357 g/mol. The van der Waals surface area contributed by atoms with Crippen LogP contribution in [0.3, 0.4) is 0 Å². The number of Topliss-reactive ketones (excluding diaryl/α,β-unsaturated/α-hetero) is 1. The second kappa shape index (κ2) is 7.57. The Morgan fingerprint density at radius 1 is 1.24 bits per heavy atom. The van der Waals surface area contributed by atoms with Crippen molar-refractivity contribution in [1.82, 2.24) is 9.88 Å². The predicted octanol–water partition coefficient (Wildman–Crippen LogP) is 2.51. The van der Waals surface area contributed by atoms with Crippen molar-refractivity contribution in [2.75, 3.05) is 18.4 Å². The van der Waals surface area contributed by atoms with Gasteiger partial charge in [-0.15, -0.1) is 11.3 Å². The highest BCUT2D eigenvalue weighted by molar-refractivity contribution is 7.13. The Labute approximate surface area is 149 Å². The topological polar surface area (TPSA) is 79.4 Å². The van der Waals surface area contributed by atoms with Gasteiger partial charge < -0.3 is 10.2 Å². The summed E-state index contributed by atoms with van der Waals surface area (Å²) in [5.41, 5.74) is 1.41. The number of benzene rings is 1. The number of thiazole rings is 1. The van der Waals surface area contributed by atoms with Crippen LogP contribution in [-0.2, 0) is 9.59 Å². The Morgan fingerprint density at radius 2 is 2.00 bits per heavy atom. The molecule has 1 fully saturated rings. The number of piperidine rings is 1. The van der Waals surface area contributed by atoms with Crippen LogP contribution in [0.15, 0.2) is 35.8 Å². The summed E-state index contributed by atoms with van der Waals surface area (Å²) < 4.78 is 0. The molecule has 0 aliphatic carbocycles. The summed E-state index contributed by atoms with van der Waals surface area (Å²) in [6, 6.07) is 6.93. The summed E-state index contributed by atoms with van der Waals surface area (Å²) in [5.74, 6) is -1.56. The molecule has 1 atom stereocenters. The van der Waals surface area contributed by atoms with E-state index >= 15 is 0 Å². The summed E-state index contributed by atoms with van der Waals surface area (Å²) >= 11 is 1.35. The highest BCUT2D eigenvalue weighted by Crippen LogP contribution is 2.20. The van der Waals surface area contributed by atoms with Crippen molar-refractivity contribution in [2.24, 2.45) is 5.92 Å². The number of carbonyl (C=O) groups excluding carboxylic acids is 3. The number of hydrogen-bond acceptors (Lipinski definition) is 5. The minimum absolute atomic E-state index is 0.157. The Kier molecular flexibility index (Phi) is 5.23. The minimum atomic E-state index is -0.546. The lowest BCUT2D eigenvalue weighted by molar-refractivity contribution is -0.130. The molecule has 0 radical (unpaired) electrons. The number of nitrogens with zero attached hydrogens (tertiary/aromatic N) is 2. The SMILES string of the molecule is Cc1ccc(C(=O)C(=O)N2CCC[C@H](C(=O)Nc3nccs3)C2)cc1. The number of rotatable bonds is 4. The van der Waals surface area contributed by atoms with Crippen LogP contribution < -0.4 is 5.32 Å². The van der Waals surface area contributed by atoms with Gasteiger partial charge in [-0.25, -0.2) is 4.98 Å². The van der Waals surface area contributed by atoms with Crippen LogP contribution in [0.2, 0.25) is 0 Å². The van der Waals surface area contributed by atoms with Crippen LogP contribution in [-0.4, -0.2) is 40.6 Å². The van der Waals surface area contributed by atoms with E-state index < -0.39 is 11.7 Å². The Balaban J connectivity index is 1.64. The Morgan fingerprint density at radius 3 is 2.68 bits per heavy atom. The van der Waals surface area contributed by atoms with E-state index in [1.54, 1.807) is 35.8 Å². The lowest BCUT2D eigenvalue weighted by atomic mass is 9.96. The van der Waals surface area contributed by atoms with E-state index in [-0.39, 0.29) is 18.4 Å². The van der Waals surface area contributed by atoms with Crippen molar-refractivity contribution in [2.45, 2.75) is 19.8 Å². The van der Waals surface area contributed by atoms with Crippen LogP contribution >= 0.6 is 11.3 Å². The molecule has 1 saturated heterocycles. The quantitative estimate of drug-likeness (QED) is 0.673. The van der Waals surface area contributed by atoms with E-state index in [4.69, 9.17) is 0 Å². The zero-order valence-corrected chi connectivity index (χ0v) is 14.7. The lowest BCUT2D eigenvalue weighted by Crippen LogP contribution is -2.46. The normalized spacial score (nSPS) is 17.2. The molecule has 2 heterocycles. The van der Waals surface area contributed by atoms with E-state index in [0.29, 0.717) is 30.1 Å². The van der Waals surface area contributed by atoms with E-state index in [9.17, 15) is 14.4 Å². The van der Waals surface area contributed by atoms with Gasteiger partial charge in [0.05, 0.1) is 5.92 Å². The van der Waals surface area contributed by atoms with Gasteiger partial charge in [0.25, 0.3) is 5.91 Å². The van der Waals surface area contributed by atoms with Crippen molar-refractivity contribution >= 4 is 34.1 Å². The first-order chi connectivity index (χ1) is 12.0. The van der Waals surface area contributed by atoms with Gasteiger partial charge in [-0.3, -0.25) is 14.4 Å². The third-order valence-corrected chi connectivity index (χ3v) is 4.94. The molecule has 0 saturated carbocycles. The number of aryl methyl sites for hydroxylation is 1. The molecular formula is C18H19N3O3S. The number of hydrogen-bond donors (Lipinski definition) is 1. The van der Waals surface area contributed by atoms with Crippen LogP contribution in [0.4, 0.5) is 5.13 Å². The summed E-state index contributed by atoms with van der Waals surface area (Å²) in [6.45, 7) is 2.68. The van der Waals surface area contributed by atoms with E-state index in [0.717, 1.165) is 5.56 Å². The molecule has 1 aliphatic rings. The van der Waals surface area contributed by atoms with E-state index in [2.05, 4.69) is 10.3 Å². The van der Waals surface area contributed by atoms with Crippen LogP contribution in [0.5, 0.6) is 0 Å². The number of carbonyl (C=O) groups is 3. The fraction of sp³-hybridized carbons (Fsp3) is 0.333. The number of amides is 2. The van der Waals surface area contributed by atoms with Gasteiger partial charge in [0, 0.05) is 30.2 Å². The number of nitrogens with one attached hydrogen (secondary N) is 1. The summed E-state index contributed by atoms with van der Waals surface area (Å²) in [5, 5.41) is 5.09. The highest BCUT2D eigenvalue weighted by atomic mass is 32.1. The molecular weight excluding hydrogens is 338 g/mol. The van der Waals surface area contributed by atoms with Crippen LogP contribution in [0.1, 0.15) is 28.8 Å². The third-order valence-electron chi connectivity index (χ3n) is 4.25. The second-order valence-corrected chi connectivity index (χ2v) is 7.01. The maximum atomic E-state index is 12.5. The van der Waals surface area contributed by atoms with E-state index in [1.807, 2.05) is 6.92 Å². The summed E-state index contributed by atoms with van der Waals surface area (Å²) in [6.07, 6.45) is 3.01. The van der Waals surface area contributed by atoms with Crippen molar-refractivity contribution in [3.8, 4) is 0 Å². The largest absolute Gasteiger partial charge is 0.335 e. The summed E-state index contributed by atoms with van der Waals surface area (Å²) in [4.78, 5) is 42.8. The van der Waals surface area contributed by atoms with Crippen molar-refractivity contribution in [1.29, 1.82) is 0 Å². The molecule has 130 valence electrons. The fourth-order valence-corrected chi connectivity index (χ4v) is 3.37. The van der Waals surface area contributed by atoms with E-state index in [1.165, 1.54) is 16.2 Å². The first-order valence-electron chi connectivity index (χ1n) is 8.15. The molecule has 1 N–H and O–H groups in total. The molecule has 6 nitrogen and oxygen atoms in total. The van der Waals surface area contributed by atoms with Gasteiger partial charge in [0.2, 0.25) is 11.7 Å². The van der Waals surface area contributed by atoms with Gasteiger partial charge in [-0.05, 0) is 19.8 Å². The zero-order chi connectivity index (χ0) is 17.8. The molecule has 0 bridgehead atoms. The van der Waals surface area contributed by atoms with Gasteiger partial charge in [-0.2, -0.15) is 0 Å². The van der Waals surface area contributed by atoms with Crippen molar-refractivity contribution in [3.63, 3.8) is 0 Å². The number of likely N-dealkylation sites (tertiary alicyclic amines) is 1. The Bertz CT molecular complexity index is 771. The fourth-order valence-electron chi connectivity index (χ4n) is 2.84. The lowest BCUT2D eigenvalue weighted by Gasteiger charge is -2.31. The average Bonchev–Trinajstić information content (AvgIpc) is 3.14. The molecule has 1 aromatic heterocycles. The van der Waals surface area contributed by atoms with Crippen molar-refractivity contribution < 1.29 is 14.4 Å². The molecule has 0 unspecified atom stereocenters. The molecule has 25 heavy (non-hydrogen) atoms. The van der Waals surface area contributed by atoms with Gasteiger partial charge >= 0.3 is 0 Å². The van der Waals surface area contributed by atoms with Gasteiger partial charge in [0.15, 0.2) is 5.13 Å². The molecule has 7 heteroatoms. The zero-order valence-electron chi connectivity index (χ0n) is 13.9. The molecule has 1 aromatic carbocycles. The van der Waals surface area contributed by atoms with Crippen molar-refractivity contribution in [3.05, 3.63) is 47.0 Å². The maximum absolute atomic E-state index is 12.5. The second-order valence-electron chi connectivity index (χ2n) is 6.11. The standard InChI is InChI=1S/C18H19N3O3S/c1-12-4-6-13(7-5-12)15(22)17(24)21-9-2-3-14(11-21)16(23)20-18-19-8-10-25-18/h4-8,10,14H,2-3,9,11H2,1H3,(H,19,20,23)/t14-/m0/s1. The predicted molar refractivity (Wildman–Crippen MR) is 95.6 cm³/mol. The minimum Gasteiger partial charge on any atom is -0.335 e. The molecule has 2 amide bonds. The molecule has 0 spiro atoms. The average molecular weight is 357 g/mol. The molecule has 2 aromatic rings. The third kappa shape index (κ3) is 4.11. The number of anilines is 1. The number of aromatic nitrogens is 1. The Hall–Kier alpha value is -2.54. The summed E-state index contributed by atoms with van der Waals surface area (Å²) in [7, 11) is 0. The molecule has 1 aliphatic heterocycles. The number of ketones is 1. The van der Waals surface area contributed by atoms with Gasteiger partial charge in [0.1, 0.15) is 0 Å². The first kappa shape index (κ1) is 17.3. The maximum Gasteiger partial charge on any atom is 0.294 e. The van der Waals surface area contributed by atoms with Crippen LogP contribution in [0, 0.1) is 12.8 Å². The van der Waals surface area contributed by atoms with Gasteiger partial charge in [-0.1, -0.05) is 29.8 Å².